The Morgan fingerprint density at radius 3 is 2.48 bits per heavy atom. The molecule has 0 N–H and O–H groups in total. The molecule has 0 spiro atoms. The first-order chi connectivity index (χ1) is 12.2. The fourth-order valence-electron chi connectivity index (χ4n) is 3.36. The molecule has 0 atom stereocenters. The Balaban J connectivity index is 1.46. The van der Waals surface area contributed by atoms with Crippen LogP contribution in [0.25, 0.3) is 0 Å². The summed E-state index contributed by atoms with van der Waals surface area (Å²) < 4.78 is 5.20. The number of methoxy groups -OCH3 is 1. The molecular formula is C21H26N2O2. The highest BCUT2D eigenvalue weighted by Gasteiger charge is 2.23. The van der Waals surface area contributed by atoms with Crippen molar-refractivity contribution >= 4 is 5.91 Å². The summed E-state index contributed by atoms with van der Waals surface area (Å²) in [6.45, 7) is 3.63. The van der Waals surface area contributed by atoms with Gasteiger partial charge in [-0.1, -0.05) is 12.1 Å². The Kier molecular flexibility index (Phi) is 5.69. The van der Waals surface area contributed by atoms with Crippen LogP contribution in [0.3, 0.4) is 0 Å². The van der Waals surface area contributed by atoms with Crippen molar-refractivity contribution < 1.29 is 9.53 Å². The summed E-state index contributed by atoms with van der Waals surface area (Å²) in [5, 5.41) is 0. The first kappa shape index (κ1) is 17.5. The SMILES string of the molecule is COc1ccc(CCC2CCN(C(=O)c3ccc(C)nc3)CC2)cc1. The van der Waals surface area contributed by atoms with Crippen molar-refractivity contribution in [3.8, 4) is 5.75 Å². The third-order valence-electron chi connectivity index (χ3n) is 5.06. The number of carbonyl (C=O) groups is 1. The molecule has 1 aliphatic heterocycles. The molecule has 0 saturated carbocycles. The van der Waals surface area contributed by atoms with Gasteiger partial charge in [0, 0.05) is 25.0 Å². The van der Waals surface area contributed by atoms with Gasteiger partial charge < -0.3 is 9.64 Å². The number of amides is 1. The van der Waals surface area contributed by atoms with Gasteiger partial charge in [-0.15, -0.1) is 0 Å². The van der Waals surface area contributed by atoms with Crippen molar-refractivity contribution in [1.82, 2.24) is 9.88 Å². The normalized spacial score (nSPS) is 15.2. The van der Waals surface area contributed by atoms with Crippen LogP contribution in [0.1, 0.15) is 40.9 Å². The molecular weight excluding hydrogens is 312 g/mol. The molecule has 0 bridgehead atoms. The highest BCUT2D eigenvalue weighted by atomic mass is 16.5. The second-order valence-electron chi connectivity index (χ2n) is 6.81. The van der Waals surface area contributed by atoms with Crippen molar-refractivity contribution in [3.63, 3.8) is 0 Å². The van der Waals surface area contributed by atoms with E-state index in [1.54, 1.807) is 13.3 Å². The van der Waals surface area contributed by atoms with E-state index in [2.05, 4.69) is 17.1 Å². The fraction of sp³-hybridized carbons (Fsp3) is 0.429. The summed E-state index contributed by atoms with van der Waals surface area (Å²) in [5.74, 6) is 1.71. The molecule has 2 heterocycles. The van der Waals surface area contributed by atoms with E-state index in [1.807, 2.05) is 36.1 Å². The van der Waals surface area contributed by atoms with E-state index < -0.39 is 0 Å². The van der Waals surface area contributed by atoms with Crippen LogP contribution in [0.2, 0.25) is 0 Å². The number of piperidine rings is 1. The summed E-state index contributed by atoms with van der Waals surface area (Å²) >= 11 is 0. The second-order valence-corrected chi connectivity index (χ2v) is 6.81. The fourth-order valence-corrected chi connectivity index (χ4v) is 3.36. The Hall–Kier alpha value is -2.36. The van der Waals surface area contributed by atoms with E-state index in [0.717, 1.165) is 43.8 Å². The number of hydrogen-bond donors (Lipinski definition) is 0. The summed E-state index contributed by atoms with van der Waals surface area (Å²) in [6.07, 6.45) is 6.13. The molecule has 3 rings (SSSR count). The first-order valence-electron chi connectivity index (χ1n) is 9.00. The maximum atomic E-state index is 12.5. The van der Waals surface area contributed by atoms with Gasteiger partial charge in [-0.3, -0.25) is 9.78 Å². The van der Waals surface area contributed by atoms with Crippen molar-refractivity contribution in [2.75, 3.05) is 20.2 Å². The number of pyridine rings is 1. The minimum atomic E-state index is 0.112. The van der Waals surface area contributed by atoms with E-state index in [1.165, 1.54) is 12.0 Å². The predicted octanol–water partition coefficient (Wildman–Crippen LogP) is 3.88. The number of aryl methyl sites for hydroxylation is 2. The van der Waals surface area contributed by atoms with Gasteiger partial charge in [0.1, 0.15) is 5.75 Å². The Bertz CT molecular complexity index is 687. The average Bonchev–Trinajstić information content (AvgIpc) is 2.67. The minimum Gasteiger partial charge on any atom is -0.497 e. The molecule has 0 radical (unpaired) electrons. The number of rotatable bonds is 5. The van der Waals surface area contributed by atoms with Gasteiger partial charge in [0.2, 0.25) is 0 Å². The van der Waals surface area contributed by atoms with Gasteiger partial charge in [-0.05, 0) is 68.4 Å². The average molecular weight is 338 g/mol. The summed E-state index contributed by atoms with van der Waals surface area (Å²) in [7, 11) is 1.69. The molecule has 0 aliphatic carbocycles. The molecule has 1 aliphatic rings. The van der Waals surface area contributed by atoms with Gasteiger partial charge >= 0.3 is 0 Å². The monoisotopic (exact) mass is 338 g/mol. The molecule has 2 aromatic rings. The first-order valence-corrected chi connectivity index (χ1v) is 9.00. The molecule has 4 nitrogen and oxygen atoms in total. The quantitative estimate of drug-likeness (QED) is 0.831. The van der Waals surface area contributed by atoms with Crippen LogP contribution < -0.4 is 4.74 Å². The predicted molar refractivity (Wildman–Crippen MR) is 98.9 cm³/mol. The highest BCUT2D eigenvalue weighted by molar-refractivity contribution is 5.93. The zero-order chi connectivity index (χ0) is 17.6. The number of nitrogens with zero attached hydrogens (tertiary/aromatic N) is 2. The smallest absolute Gasteiger partial charge is 0.255 e. The van der Waals surface area contributed by atoms with Crippen LogP contribution >= 0.6 is 0 Å². The van der Waals surface area contributed by atoms with Crippen LogP contribution in [0.5, 0.6) is 5.75 Å². The van der Waals surface area contributed by atoms with Crippen molar-refractivity contribution in [1.29, 1.82) is 0 Å². The van der Waals surface area contributed by atoms with Gasteiger partial charge in [-0.2, -0.15) is 0 Å². The van der Waals surface area contributed by atoms with Crippen LogP contribution in [0, 0.1) is 12.8 Å². The molecule has 1 saturated heterocycles. The van der Waals surface area contributed by atoms with Gasteiger partial charge in [0.05, 0.1) is 12.7 Å². The van der Waals surface area contributed by atoms with Gasteiger partial charge in [-0.25, -0.2) is 0 Å². The summed E-state index contributed by atoms with van der Waals surface area (Å²) in [6, 6.07) is 12.1. The lowest BCUT2D eigenvalue weighted by Gasteiger charge is -2.32. The summed E-state index contributed by atoms with van der Waals surface area (Å²) in [4.78, 5) is 18.7. The minimum absolute atomic E-state index is 0.112. The van der Waals surface area contributed by atoms with Crippen LogP contribution in [-0.4, -0.2) is 36.0 Å². The number of ether oxygens (including phenoxy) is 1. The van der Waals surface area contributed by atoms with E-state index in [9.17, 15) is 4.79 Å². The number of carbonyl (C=O) groups excluding carboxylic acids is 1. The van der Waals surface area contributed by atoms with Crippen molar-refractivity contribution in [2.45, 2.75) is 32.6 Å². The Morgan fingerprint density at radius 2 is 1.88 bits per heavy atom. The van der Waals surface area contributed by atoms with E-state index in [-0.39, 0.29) is 5.91 Å². The lowest BCUT2D eigenvalue weighted by atomic mass is 9.90. The number of benzene rings is 1. The molecule has 0 unspecified atom stereocenters. The van der Waals surface area contributed by atoms with Crippen LogP contribution in [-0.2, 0) is 6.42 Å². The number of aromatic nitrogens is 1. The highest BCUT2D eigenvalue weighted by Crippen LogP contribution is 2.24. The molecule has 1 aromatic carbocycles. The molecule has 132 valence electrons. The van der Waals surface area contributed by atoms with E-state index in [4.69, 9.17) is 4.74 Å². The van der Waals surface area contributed by atoms with Crippen LogP contribution in [0.4, 0.5) is 0 Å². The summed E-state index contributed by atoms with van der Waals surface area (Å²) in [5.41, 5.74) is 2.99. The van der Waals surface area contributed by atoms with Gasteiger partial charge in [0.25, 0.3) is 5.91 Å². The number of hydrogen-bond acceptors (Lipinski definition) is 3. The van der Waals surface area contributed by atoms with E-state index in [0.29, 0.717) is 11.5 Å². The van der Waals surface area contributed by atoms with Crippen molar-refractivity contribution in [3.05, 3.63) is 59.4 Å². The molecule has 25 heavy (non-hydrogen) atoms. The number of likely N-dealkylation sites (tertiary alicyclic amines) is 1. The molecule has 4 heteroatoms. The largest absolute Gasteiger partial charge is 0.497 e. The second kappa shape index (κ2) is 8.15. The standard InChI is InChI=1S/C21H26N2O2/c1-16-3-8-19(15-22-16)21(24)23-13-11-18(12-14-23)5-4-17-6-9-20(25-2)10-7-17/h3,6-10,15,18H,4-5,11-14H2,1-2H3. The lowest BCUT2D eigenvalue weighted by Crippen LogP contribution is -2.38. The molecule has 1 amide bonds. The molecule has 1 fully saturated rings. The van der Waals surface area contributed by atoms with Crippen molar-refractivity contribution in [2.24, 2.45) is 5.92 Å². The third-order valence-corrected chi connectivity index (χ3v) is 5.06. The maximum absolute atomic E-state index is 12.5. The topological polar surface area (TPSA) is 42.4 Å². The van der Waals surface area contributed by atoms with Crippen LogP contribution in [0.15, 0.2) is 42.6 Å². The van der Waals surface area contributed by atoms with E-state index >= 15 is 0 Å². The maximum Gasteiger partial charge on any atom is 0.255 e. The zero-order valence-corrected chi connectivity index (χ0v) is 15.1. The molecule has 1 aromatic heterocycles. The Morgan fingerprint density at radius 1 is 1.16 bits per heavy atom. The van der Waals surface area contributed by atoms with Gasteiger partial charge in [0.15, 0.2) is 0 Å². The third kappa shape index (κ3) is 4.59. The lowest BCUT2D eigenvalue weighted by molar-refractivity contribution is 0.0686. The Labute approximate surface area is 149 Å². The zero-order valence-electron chi connectivity index (χ0n) is 15.1.